The number of anilines is 1. The number of allylic oxidation sites excluding steroid dienone is 1. The Morgan fingerprint density at radius 1 is 0.929 bits per heavy atom. The lowest BCUT2D eigenvalue weighted by Crippen LogP contribution is -2.32. The molecule has 3 heteroatoms. The first-order chi connectivity index (χ1) is 13.4. The second-order valence-electron chi connectivity index (χ2n) is 8.14. The summed E-state index contributed by atoms with van der Waals surface area (Å²) < 4.78 is 6.55. The average molecular weight is 388 g/mol. The number of benzene rings is 3. The summed E-state index contributed by atoms with van der Waals surface area (Å²) in [7, 11) is 0. The molecule has 2 aliphatic heterocycles. The molecule has 0 aromatic heterocycles. The summed E-state index contributed by atoms with van der Waals surface area (Å²) in [5, 5.41) is 4.38. The van der Waals surface area contributed by atoms with Crippen molar-refractivity contribution in [3.8, 4) is 16.9 Å². The van der Waals surface area contributed by atoms with Crippen LogP contribution in [0.1, 0.15) is 43.6 Å². The molecule has 1 N–H and O–H groups in total. The van der Waals surface area contributed by atoms with E-state index in [0.717, 1.165) is 33.1 Å². The molecule has 3 aromatic carbocycles. The first kappa shape index (κ1) is 17.4. The van der Waals surface area contributed by atoms with Crippen molar-refractivity contribution in [2.24, 2.45) is 0 Å². The second kappa shape index (κ2) is 6.15. The fraction of sp³-hybridized carbons (Fsp3) is 0.200. The van der Waals surface area contributed by atoms with Crippen LogP contribution in [0.3, 0.4) is 0 Å². The highest BCUT2D eigenvalue weighted by Crippen LogP contribution is 2.52. The molecule has 0 bridgehead atoms. The smallest absolute Gasteiger partial charge is 0.150 e. The Bertz CT molecular complexity index is 1110. The zero-order chi connectivity index (χ0) is 19.5. The number of ether oxygens (including phenoxy) is 1. The second-order valence-corrected chi connectivity index (χ2v) is 8.55. The summed E-state index contributed by atoms with van der Waals surface area (Å²) in [5.41, 5.74) is 7.98. The monoisotopic (exact) mass is 387 g/mol. The zero-order valence-corrected chi connectivity index (χ0v) is 17.0. The van der Waals surface area contributed by atoms with Gasteiger partial charge in [-0.05, 0) is 55.7 Å². The van der Waals surface area contributed by atoms with Crippen molar-refractivity contribution in [3.05, 3.63) is 88.5 Å². The van der Waals surface area contributed by atoms with Crippen molar-refractivity contribution >= 4 is 22.9 Å². The Hall–Kier alpha value is -2.71. The van der Waals surface area contributed by atoms with E-state index in [2.05, 4.69) is 68.6 Å². The zero-order valence-electron chi connectivity index (χ0n) is 16.2. The van der Waals surface area contributed by atoms with E-state index in [1.165, 1.54) is 16.7 Å². The standard InChI is InChI=1S/C25H22ClNO/c1-15-14-25(2,3)27-19-13-12-17-22-18(26)10-7-11-20(22)28-24(23(17)21(15)19)16-8-5-4-6-9-16/h4-14,24,27H,1-3H3. The summed E-state index contributed by atoms with van der Waals surface area (Å²) in [5.74, 6) is 0.833. The van der Waals surface area contributed by atoms with Crippen molar-refractivity contribution in [2.45, 2.75) is 32.4 Å². The Labute approximate surface area is 170 Å². The van der Waals surface area contributed by atoms with E-state index in [9.17, 15) is 0 Å². The summed E-state index contributed by atoms with van der Waals surface area (Å²) in [6.45, 7) is 6.57. The van der Waals surface area contributed by atoms with Crippen LogP contribution in [-0.2, 0) is 0 Å². The van der Waals surface area contributed by atoms with Crippen LogP contribution < -0.4 is 10.1 Å². The molecule has 3 aromatic rings. The van der Waals surface area contributed by atoms with E-state index in [1.807, 2.05) is 24.3 Å². The molecular weight excluding hydrogens is 366 g/mol. The first-order valence-corrected chi connectivity index (χ1v) is 9.98. The molecule has 1 atom stereocenters. The lowest BCUT2D eigenvalue weighted by atomic mass is 9.80. The van der Waals surface area contributed by atoms with E-state index in [-0.39, 0.29) is 11.6 Å². The maximum absolute atomic E-state index is 6.62. The lowest BCUT2D eigenvalue weighted by Gasteiger charge is -2.37. The summed E-state index contributed by atoms with van der Waals surface area (Å²) in [6.07, 6.45) is 2.11. The number of hydrogen-bond acceptors (Lipinski definition) is 2. The summed E-state index contributed by atoms with van der Waals surface area (Å²) >= 11 is 6.62. The number of rotatable bonds is 1. The Morgan fingerprint density at radius 2 is 1.71 bits per heavy atom. The minimum atomic E-state index is -0.177. The van der Waals surface area contributed by atoms with Gasteiger partial charge < -0.3 is 10.1 Å². The quantitative estimate of drug-likeness (QED) is 0.481. The van der Waals surface area contributed by atoms with Crippen LogP contribution in [0.4, 0.5) is 5.69 Å². The van der Waals surface area contributed by atoms with Crippen molar-refractivity contribution < 1.29 is 4.74 Å². The Morgan fingerprint density at radius 3 is 2.50 bits per heavy atom. The highest BCUT2D eigenvalue weighted by Gasteiger charge is 2.35. The van der Waals surface area contributed by atoms with Gasteiger partial charge in [0.2, 0.25) is 0 Å². The van der Waals surface area contributed by atoms with E-state index < -0.39 is 0 Å². The van der Waals surface area contributed by atoms with Crippen LogP contribution in [0.15, 0.2) is 66.7 Å². The van der Waals surface area contributed by atoms with Crippen molar-refractivity contribution in [1.82, 2.24) is 0 Å². The van der Waals surface area contributed by atoms with Gasteiger partial charge in [-0.15, -0.1) is 0 Å². The van der Waals surface area contributed by atoms with Gasteiger partial charge in [0, 0.05) is 22.4 Å². The molecular formula is C25H22ClNO. The highest BCUT2D eigenvalue weighted by atomic mass is 35.5. The molecule has 0 radical (unpaired) electrons. The minimum absolute atomic E-state index is 0.0847. The maximum atomic E-state index is 6.62. The number of fused-ring (bicyclic) bond motifs is 5. The molecule has 2 nitrogen and oxygen atoms in total. The van der Waals surface area contributed by atoms with Gasteiger partial charge in [-0.2, -0.15) is 0 Å². The molecule has 140 valence electrons. The molecule has 5 rings (SSSR count). The van der Waals surface area contributed by atoms with Gasteiger partial charge in [-0.3, -0.25) is 0 Å². The van der Waals surface area contributed by atoms with E-state index in [0.29, 0.717) is 0 Å². The molecule has 28 heavy (non-hydrogen) atoms. The molecule has 0 fully saturated rings. The predicted octanol–water partition coefficient (Wildman–Crippen LogP) is 7.10. The average Bonchev–Trinajstić information content (AvgIpc) is 2.66. The third kappa shape index (κ3) is 2.63. The van der Waals surface area contributed by atoms with Crippen LogP contribution in [0, 0.1) is 0 Å². The van der Waals surface area contributed by atoms with Gasteiger partial charge in [0.15, 0.2) is 6.10 Å². The lowest BCUT2D eigenvalue weighted by molar-refractivity contribution is 0.243. The van der Waals surface area contributed by atoms with Gasteiger partial charge in [0.1, 0.15) is 5.75 Å². The van der Waals surface area contributed by atoms with Crippen molar-refractivity contribution in [3.63, 3.8) is 0 Å². The van der Waals surface area contributed by atoms with E-state index in [1.54, 1.807) is 0 Å². The molecule has 2 heterocycles. The third-order valence-corrected chi connectivity index (χ3v) is 5.84. The minimum Gasteiger partial charge on any atom is -0.480 e. The molecule has 0 spiro atoms. The third-order valence-electron chi connectivity index (χ3n) is 5.53. The number of hydrogen-bond donors (Lipinski definition) is 1. The molecule has 1 unspecified atom stereocenters. The van der Waals surface area contributed by atoms with Crippen LogP contribution in [0.5, 0.6) is 5.75 Å². The van der Waals surface area contributed by atoms with Gasteiger partial charge in [-0.25, -0.2) is 0 Å². The predicted molar refractivity (Wildman–Crippen MR) is 117 cm³/mol. The Kier molecular flexibility index (Phi) is 3.82. The van der Waals surface area contributed by atoms with Gasteiger partial charge in [-0.1, -0.05) is 60.1 Å². The van der Waals surface area contributed by atoms with Crippen LogP contribution in [0.25, 0.3) is 16.7 Å². The highest BCUT2D eigenvalue weighted by molar-refractivity contribution is 6.33. The van der Waals surface area contributed by atoms with Gasteiger partial charge in [0.05, 0.1) is 10.6 Å². The Balaban J connectivity index is 1.84. The van der Waals surface area contributed by atoms with Crippen LogP contribution >= 0.6 is 11.6 Å². The van der Waals surface area contributed by atoms with E-state index in [4.69, 9.17) is 16.3 Å². The fourth-order valence-corrected chi connectivity index (χ4v) is 4.82. The summed E-state index contributed by atoms with van der Waals surface area (Å²) in [4.78, 5) is 0. The molecule has 2 aliphatic rings. The molecule has 0 saturated heterocycles. The normalized spacial score (nSPS) is 18.7. The molecule has 0 saturated carbocycles. The topological polar surface area (TPSA) is 21.3 Å². The van der Waals surface area contributed by atoms with Gasteiger partial charge >= 0.3 is 0 Å². The van der Waals surface area contributed by atoms with Crippen molar-refractivity contribution in [2.75, 3.05) is 5.32 Å². The first-order valence-electron chi connectivity index (χ1n) is 9.60. The van der Waals surface area contributed by atoms with Crippen LogP contribution in [-0.4, -0.2) is 5.54 Å². The fourth-order valence-electron chi connectivity index (χ4n) is 4.55. The maximum Gasteiger partial charge on any atom is 0.150 e. The number of nitrogens with one attached hydrogen (secondary N) is 1. The molecule has 0 amide bonds. The largest absolute Gasteiger partial charge is 0.480 e. The molecule has 0 aliphatic carbocycles. The van der Waals surface area contributed by atoms with E-state index >= 15 is 0 Å². The van der Waals surface area contributed by atoms with Crippen molar-refractivity contribution in [1.29, 1.82) is 0 Å². The summed E-state index contributed by atoms with van der Waals surface area (Å²) in [6, 6.07) is 20.6. The SMILES string of the molecule is CC1=CC(C)(C)Nc2ccc3c(c21)C(c1ccccc1)Oc1cccc(Cl)c1-3. The number of halogens is 1. The van der Waals surface area contributed by atoms with Crippen LogP contribution in [0.2, 0.25) is 5.02 Å². The van der Waals surface area contributed by atoms with Gasteiger partial charge in [0.25, 0.3) is 0 Å².